The molecule has 9 nitrogen and oxygen atoms in total. The number of aliphatic hydroxyl groups is 2. The van der Waals surface area contributed by atoms with Crippen molar-refractivity contribution in [2.75, 3.05) is 30.1 Å². The van der Waals surface area contributed by atoms with Crippen LogP contribution in [0.25, 0.3) is 0 Å². The molecule has 0 saturated heterocycles. The topological polar surface area (TPSA) is 120 Å². The molecule has 3 rings (SSSR count). The van der Waals surface area contributed by atoms with Crippen LogP contribution < -0.4 is 20.4 Å². The van der Waals surface area contributed by atoms with E-state index in [1.54, 1.807) is 24.3 Å². The van der Waals surface area contributed by atoms with Gasteiger partial charge in [-0.3, -0.25) is 0 Å². The van der Waals surface area contributed by atoms with Crippen LogP contribution in [0.2, 0.25) is 10.0 Å². The number of para-hydroxylation sites is 1. The van der Waals surface area contributed by atoms with E-state index >= 15 is 0 Å². The molecule has 2 atom stereocenters. The smallest absolute Gasteiger partial charge is 0.491 e. The van der Waals surface area contributed by atoms with Gasteiger partial charge in [-0.1, -0.05) is 59.6 Å². The van der Waals surface area contributed by atoms with E-state index in [-0.39, 0.29) is 46.2 Å². The number of nitrogens with zero attached hydrogens (tertiary/aromatic N) is 1. The monoisotopic (exact) mass is 615 g/mol. The highest BCUT2D eigenvalue weighted by Gasteiger charge is 2.44. The van der Waals surface area contributed by atoms with Crippen LogP contribution in [0, 0.1) is 0 Å². The first kappa shape index (κ1) is 32.0. The number of nitrogens with one attached hydrogen (secondary N) is 2. The zero-order chi connectivity index (χ0) is 30.0. The largest absolute Gasteiger partial charge is 0.493 e. The molecule has 4 N–H and O–H groups in total. The number of benzene rings is 3. The summed E-state index contributed by atoms with van der Waals surface area (Å²) in [6.45, 7) is -0.0192. The summed E-state index contributed by atoms with van der Waals surface area (Å²) < 4.78 is 44.0. The van der Waals surface area contributed by atoms with Crippen molar-refractivity contribution >= 4 is 46.6 Å². The Morgan fingerprint density at radius 3 is 2.29 bits per heavy atom. The van der Waals surface area contributed by atoms with Crippen molar-refractivity contribution in [3.63, 3.8) is 0 Å². The Hall–Kier alpha value is -3.55. The highest BCUT2D eigenvalue weighted by Crippen LogP contribution is 2.34. The number of halogens is 5. The van der Waals surface area contributed by atoms with Crippen LogP contribution >= 0.6 is 23.2 Å². The molecule has 0 aliphatic carbocycles. The van der Waals surface area contributed by atoms with Crippen LogP contribution in [0.3, 0.4) is 0 Å². The molecule has 14 heteroatoms. The molecule has 0 unspecified atom stereocenters. The molecular formula is C27H26Cl2F3N3O6. The summed E-state index contributed by atoms with van der Waals surface area (Å²) in [6.07, 6.45) is -5.86. The lowest BCUT2D eigenvalue weighted by molar-refractivity contribution is -0.199. The second-order valence-corrected chi connectivity index (χ2v) is 9.43. The van der Waals surface area contributed by atoms with E-state index in [1.165, 1.54) is 24.3 Å². The third-order valence-corrected chi connectivity index (χ3v) is 6.28. The SMILES string of the molecule is O=C(Nc1ccc(C[C@@H](CO)NC[C@H](O)COc2ccccc2)cc1)N(OC(=O)C(F)(F)F)c1cccc(Cl)c1Cl. The number of carbonyl (C=O) groups is 2. The van der Waals surface area contributed by atoms with E-state index < -0.39 is 30.3 Å². The average Bonchev–Trinajstić information content (AvgIpc) is 2.95. The fraction of sp³-hybridized carbons (Fsp3) is 0.259. The van der Waals surface area contributed by atoms with Gasteiger partial charge in [0.15, 0.2) is 0 Å². The molecule has 0 aliphatic heterocycles. The summed E-state index contributed by atoms with van der Waals surface area (Å²) in [7, 11) is 0. The Labute approximate surface area is 243 Å². The minimum Gasteiger partial charge on any atom is -0.491 e. The van der Waals surface area contributed by atoms with Crippen LogP contribution in [0.4, 0.5) is 29.3 Å². The molecule has 0 bridgehead atoms. The van der Waals surface area contributed by atoms with Gasteiger partial charge in [0.05, 0.1) is 16.7 Å². The molecule has 220 valence electrons. The van der Waals surface area contributed by atoms with Crippen LogP contribution in [0.5, 0.6) is 5.75 Å². The number of urea groups is 1. The molecule has 0 heterocycles. The molecule has 2 amide bonds. The molecule has 0 spiro atoms. The van der Waals surface area contributed by atoms with E-state index in [4.69, 9.17) is 27.9 Å². The molecule has 0 fully saturated rings. The maximum absolute atomic E-state index is 12.8. The molecular weight excluding hydrogens is 590 g/mol. The molecule has 41 heavy (non-hydrogen) atoms. The molecule has 0 aromatic heterocycles. The fourth-order valence-corrected chi connectivity index (χ4v) is 3.81. The van der Waals surface area contributed by atoms with Crippen molar-refractivity contribution in [1.82, 2.24) is 5.32 Å². The molecule has 3 aromatic carbocycles. The van der Waals surface area contributed by atoms with E-state index in [0.717, 1.165) is 11.6 Å². The van der Waals surface area contributed by atoms with Crippen molar-refractivity contribution in [2.24, 2.45) is 0 Å². The van der Waals surface area contributed by atoms with Gasteiger partial charge in [-0.25, -0.2) is 9.59 Å². The summed E-state index contributed by atoms with van der Waals surface area (Å²) in [4.78, 5) is 28.6. The van der Waals surface area contributed by atoms with Gasteiger partial charge in [0.2, 0.25) is 0 Å². The maximum atomic E-state index is 12.8. The molecule has 0 aliphatic rings. The Morgan fingerprint density at radius 2 is 1.66 bits per heavy atom. The van der Waals surface area contributed by atoms with E-state index in [9.17, 15) is 33.0 Å². The number of hydroxylamine groups is 1. The first-order chi connectivity index (χ1) is 19.5. The van der Waals surface area contributed by atoms with E-state index in [0.29, 0.717) is 12.2 Å². The lowest BCUT2D eigenvalue weighted by atomic mass is 10.1. The highest BCUT2D eigenvalue weighted by atomic mass is 35.5. The van der Waals surface area contributed by atoms with Gasteiger partial charge in [-0.05, 0) is 48.4 Å². The first-order valence-electron chi connectivity index (χ1n) is 12.1. The predicted molar refractivity (Wildman–Crippen MR) is 147 cm³/mol. The van der Waals surface area contributed by atoms with Gasteiger partial charge < -0.3 is 30.4 Å². The zero-order valence-corrected chi connectivity index (χ0v) is 22.8. The molecule has 0 saturated carbocycles. The Balaban J connectivity index is 1.59. The predicted octanol–water partition coefficient (Wildman–Crippen LogP) is 4.99. The Kier molecular flexibility index (Phi) is 11.6. The van der Waals surface area contributed by atoms with E-state index in [2.05, 4.69) is 15.5 Å². The molecule has 0 radical (unpaired) electrons. The van der Waals surface area contributed by atoms with Gasteiger partial charge in [-0.2, -0.15) is 13.2 Å². The van der Waals surface area contributed by atoms with Crippen molar-refractivity contribution in [1.29, 1.82) is 0 Å². The van der Waals surface area contributed by atoms with Gasteiger partial charge in [0.1, 0.15) is 24.1 Å². The van der Waals surface area contributed by atoms with Crippen LogP contribution in [0.15, 0.2) is 72.8 Å². The average molecular weight is 616 g/mol. The maximum Gasteiger partial charge on any atom is 0.493 e. The third kappa shape index (κ3) is 9.80. The number of carbonyl (C=O) groups excluding carboxylic acids is 2. The van der Waals surface area contributed by atoms with Crippen molar-refractivity contribution in [3.8, 4) is 5.75 Å². The van der Waals surface area contributed by atoms with Crippen LogP contribution in [-0.2, 0) is 16.1 Å². The van der Waals surface area contributed by atoms with Crippen molar-refractivity contribution < 1.29 is 42.5 Å². The van der Waals surface area contributed by atoms with Crippen LogP contribution in [-0.4, -0.2) is 60.3 Å². The second kappa shape index (κ2) is 14.9. The lowest BCUT2D eigenvalue weighted by Crippen LogP contribution is -2.41. The normalized spacial score (nSPS) is 12.8. The number of rotatable bonds is 11. The number of hydrogen-bond donors (Lipinski definition) is 4. The Morgan fingerprint density at radius 1 is 0.976 bits per heavy atom. The second-order valence-electron chi connectivity index (χ2n) is 8.64. The first-order valence-corrected chi connectivity index (χ1v) is 12.9. The summed E-state index contributed by atoms with van der Waals surface area (Å²) >= 11 is 11.9. The standard InChI is InChI=1S/C27H26Cl2F3N3O6/c28-22-7-4-8-23(24(22)29)35(41-25(38)27(30,31)32)26(39)34-18-11-9-17(10-12-18)13-19(15-36)33-14-20(37)16-40-21-5-2-1-3-6-21/h1-12,19-20,33,36-37H,13-16H2,(H,34,39)/t19-,20-/m0/s1. The number of ether oxygens (including phenoxy) is 1. The van der Waals surface area contributed by atoms with Gasteiger partial charge in [-0.15, -0.1) is 5.06 Å². The van der Waals surface area contributed by atoms with Gasteiger partial charge in [0, 0.05) is 18.3 Å². The van der Waals surface area contributed by atoms with Gasteiger partial charge in [0.25, 0.3) is 0 Å². The quantitative estimate of drug-likeness (QED) is 0.224. The summed E-state index contributed by atoms with van der Waals surface area (Å²) in [5.41, 5.74) is 0.508. The lowest BCUT2D eigenvalue weighted by Gasteiger charge is -2.23. The summed E-state index contributed by atoms with van der Waals surface area (Å²) in [5, 5.41) is 25.0. The third-order valence-electron chi connectivity index (χ3n) is 5.48. The minimum atomic E-state index is -5.38. The number of hydrogen-bond acceptors (Lipinski definition) is 7. The fourth-order valence-electron chi connectivity index (χ4n) is 3.44. The number of anilines is 2. The number of amides is 2. The van der Waals surface area contributed by atoms with Crippen molar-refractivity contribution in [3.05, 3.63) is 88.4 Å². The highest BCUT2D eigenvalue weighted by molar-refractivity contribution is 6.44. The number of alkyl halides is 3. The van der Waals surface area contributed by atoms with E-state index in [1.807, 2.05) is 18.2 Å². The van der Waals surface area contributed by atoms with Crippen molar-refractivity contribution in [2.45, 2.75) is 24.7 Å². The zero-order valence-electron chi connectivity index (χ0n) is 21.3. The number of aliphatic hydroxyl groups excluding tert-OH is 2. The molecule has 3 aromatic rings. The summed E-state index contributed by atoms with van der Waals surface area (Å²) in [5.74, 6) is -2.02. The van der Waals surface area contributed by atoms with Crippen LogP contribution in [0.1, 0.15) is 5.56 Å². The Bertz CT molecular complexity index is 1300. The van der Waals surface area contributed by atoms with Gasteiger partial charge >= 0.3 is 18.2 Å². The summed E-state index contributed by atoms with van der Waals surface area (Å²) in [6, 6.07) is 17.3. The minimum absolute atomic E-state index is 0.0548.